The minimum atomic E-state index is 0.182. The van der Waals surface area contributed by atoms with Crippen LogP contribution < -0.4 is 0 Å². The van der Waals surface area contributed by atoms with Crippen molar-refractivity contribution in [3.05, 3.63) is 66.0 Å². The van der Waals surface area contributed by atoms with Gasteiger partial charge in [-0.2, -0.15) is 0 Å². The van der Waals surface area contributed by atoms with Gasteiger partial charge in [0.1, 0.15) is 0 Å². The van der Waals surface area contributed by atoms with E-state index >= 15 is 0 Å². The average molecular weight is 512 g/mol. The number of rotatable bonds is 2. The Morgan fingerprint density at radius 1 is 0.789 bits per heavy atom. The molecule has 0 saturated carbocycles. The number of benzene rings is 2. The van der Waals surface area contributed by atoms with E-state index in [0.717, 1.165) is 13.4 Å². The van der Waals surface area contributed by atoms with Gasteiger partial charge in [-0.25, -0.2) is 0 Å². The lowest BCUT2D eigenvalue weighted by Gasteiger charge is -2.17. The summed E-state index contributed by atoms with van der Waals surface area (Å²) < 4.78 is 3.33. The number of hydrogen-bond acceptors (Lipinski definition) is 0. The van der Waals surface area contributed by atoms with Gasteiger partial charge in [0.25, 0.3) is 0 Å². The maximum absolute atomic E-state index is 3.82. The fourth-order valence-electron chi connectivity index (χ4n) is 1.95. The van der Waals surface area contributed by atoms with Crippen LogP contribution in [0.5, 0.6) is 0 Å². The third kappa shape index (κ3) is 3.52. The zero-order valence-corrected chi connectivity index (χ0v) is 16.8. The molecule has 0 radical (unpaired) electrons. The Labute approximate surface area is 147 Å². The third-order valence-electron chi connectivity index (χ3n) is 3.06. The molecule has 2 rings (SSSR count). The third-order valence-corrected chi connectivity index (χ3v) is 6.08. The average Bonchev–Trinajstić information content (AvgIpc) is 2.33. The van der Waals surface area contributed by atoms with E-state index < -0.39 is 0 Å². The van der Waals surface area contributed by atoms with Gasteiger partial charge >= 0.3 is 0 Å². The van der Waals surface area contributed by atoms with E-state index in [0.29, 0.717) is 0 Å². The molecule has 0 nitrogen and oxygen atoms in total. The van der Waals surface area contributed by atoms with Crippen molar-refractivity contribution in [1.29, 1.82) is 0 Å². The Morgan fingerprint density at radius 3 is 2.11 bits per heavy atom. The SMILES string of the molecule is Cc1cc(C(Br)c2ccc(Br)cc2Br)c(C)cc1Br. The van der Waals surface area contributed by atoms with Gasteiger partial charge < -0.3 is 0 Å². The van der Waals surface area contributed by atoms with Crippen molar-refractivity contribution < 1.29 is 0 Å². The monoisotopic (exact) mass is 508 g/mol. The molecule has 2 aromatic rings. The molecule has 19 heavy (non-hydrogen) atoms. The molecule has 0 fully saturated rings. The lowest BCUT2D eigenvalue weighted by Crippen LogP contribution is -1.98. The topological polar surface area (TPSA) is 0 Å². The fourth-order valence-corrected chi connectivity index (χ4v) is 4.88. The summed E-state index contributed by atoms with van der Waals surface area (Å²) in [5.74, 6) is 0. The van der Waals surface area contributed by atoms with Crippen molar-refractivity contribution >= 4 is 63.7 Å². The molecule has 0 aliphatic heterocycles. The summed E-state index contributed by atoms with van der Waals surface area (Å²) in [6, 6.07) is 10.7. The first-order valence-corrected chi connectivity index (χ1v) is 9.05. The van der Waals surface area contributed by atoms with Crippen LogP contribution in [0.1, 0.15) is 27.1 Å². The normalized spacial score (nSPS) is 12.5. The largest absolute Gasteiger partial charge is 0.0786 e. The van der Waals surface area contributed by atoms with Gasteiger partial charge in [0, 0.05) is 13.4 Å². The van der Waals surface area contributed by atoms with Gasteiger partial charge in [-0.1, -0.05) is 75.9 Å². The molecule has 0 saturated heterocycles. The Balaban J connectivity index is 2.49. The molecule has 0 N–H and O–H groups in total. The summed E-state index contributed by atoms with van der Waals surface area (Å²) in [4.78, 5) is 0.182. The van der Waals surface area contributed by atoms with Crippen LogP contribution in [-0.4, -0.2) is 0 Å². The minimum absolute atomic E-state index is 0.182. The molecule has 0 aromatic heterocycles. The van der Waals surface area contributed by atoms with Crippen molar-refractivity contribution in [2.75, 3.05) is 0 Å². The van der Waals surface area contributed by atoms with Crippen molar-refractivity contribution in [1.82, 2.24) is 0 Å². The lowest BCUT2D eigenvalue weighted by atomic mass is 9.98. The van der Waals surface area contributed by atoms with Crippen molar-refractivity contribution in [3.8, 4) is 0 Å². The number of aryl methyl sites for hydroxylation is 2. The Bertz CT molecular complexity index is 620. The van der Waals surface area contributed by atoms with Crippen LogP contribution in [0.3, 0.4) is 0 Å². The van der Waals surface area contributed by atoms with Crippen LogP contribution in [0.15, 0.2) is 43.7 Å². The first kappa shape index (κ1) is 15.7. The van der Waals surface area contributed by atoms with Gasteiger partial charge in [-0.15, -0.1) is 0 Å². The van der Waals surface area contributed by atoms with Gasteiger partial charge in [-0.3, -0.25) is 0 Å². The highest BCUT2D eigenvalue weighted by atomic mass is 79.9. The highest BCUT2D eigenvalue weighted by Gasteiger charge is 2.16. The minimum Gasteiger partial charge on any atom is -0.0786 e. The van der Waals surface area contributed by atoms with Gasteiger partial charge in [0.05, 0.1) is 4.83 Å². The molecule has 0 bridgehead atoms. The van der Waals surface area contributed by atoms with E-state index in [1.165, 1.54) is 22.3 Å². The summed E-state index contributed by atoms with van der Waals surface area (Å²) >= 11 is 14.5. The maximum atomic E-state index is 3.82. The number of hydrogen-bond donors (Lipinski definition) is 0. The predicted molar refractivity (Wildman–Crippen MR) is 96.2 cm³/mol. The van der Waals surface area contributed by atoms with Crippen LogP contribution in [0, 0.1) is 13.8 Å². The van der Waals surface area contributed by atoms with E-state index in [2.05, 4.69) is 108 Å². The van der Waals surface area contributed by atoms with E-state index in [9.17, 15) is 0 Å². The predicted octanol–water partition coefficient (Wildman–Crippen LogP) is 7.08. The summed E-state index contributed by atoms with van der Waals surface area (Å²) in [5, 5.41) is 0. The zero-order chi connectivity index (χ0) is 14.2. The molecule has 1 unspecified atom stereocenters. The van der Waals surface area contributed by atoms with Crippen LogP contribution in [0.2, 0.25) is 0 Å². The molecule has 0 aliphatic carbocycles. The van der Waals surface area contributed by atoms with Crippen LogP contribution in [0.25, 0.3) is 0 Å². The first-order valence-electron chi connectivity index (χ1n) is 5.76. The number of alkyl halides is 1. The first-order chi connectivity index (χ1) is 8.90. The summed E-state index contributed by atoms with van der Waals surface area (Å²) in [5.41, 5.74) is 5.05. The molecule has 1 atom stereocenters. The van der Waals surface area contributed by atoms with E-state index in [-0.39, 0.29) is 4.83 Å². The molecule has 2 aromatic carbocycles. The van der Waals surface area contributed by atoms with E-state index in [1.807, 2.05) is 0 Å². The van der Waals surface area contributed by atoms with Crippen molar-refractivity contribution in [2.24, 2.45) is 0 Å². The summed E-state index contributed by atoms with van der Waals surface area (Å²) in [6.07, 6.45) is 0. The van der Waals surface area contributed by atoms with Crippen molar-refractivity contribution in [3.63, 3.8) is 0 Å². The zero-order valence-electron chi connectivity index (χ0n) is 10.5. The fraction of sp³-hybridized carbons (Fsp3) is 0.200. The highest BCUT2D eigenvalue weighted by molar-refractivity contribution is 9.11. The van der Waals surface area contributed by atoms with Gasteiger partial charge in [-0.05, 0) is 54.3 Å². The Hall–Kier alpha value is 0.360. The second-order valence-electron chi connectivity index (χ2n) is 4.49. The van der Waals surface area contributed by atoms with Gasteiger partial charge in [0.15, 0.2) is 0 Å². The Morgan fingerprint density at radius 2 is 1.47 bits per heavy atom. The van der Waals surface area contributed by atoms with Crippen molar-refractivity contribution in [2.45, 2.75) is 18.7 Å². The maximum Gasteiger partial charge on any atom is 0.0658 e. The highest BCUT2D eigenvalue weighted by Crippen LogP contribution is 2.39. The lowest BCUT2D eigenvalue weighted by molar-refractivity contribution is 1.12. The quantitative estimate of drug-likeness (QED) is 0.378. The smallest absolute Gasteiger partial charge is 0.0658 e. The molecule has 100 valence electrons. The van der Waals surface area contributed by atoms with Crippen LogP contribution in [-0.2, 0) is 0 Å². The molecule has 0 spiro atoms. The second-order valence-corrected chi connectivity index (χ2v) is 8.03. The van der Waals surface area contributed by atoms with E-state index in [4.69, 9.17) is 0 Å². The van der Waals surface area contributed by atoms with Gasteiger partial charge in [0.2, 0.25) is 0 Å². The molecular formula is C15H12Br4. The second kappa shape index (κ2) is 6.42. The molecule has 4 heteroatoms. The summed E-state index contributed by atoms with van der Waals surface area (Å²) in [7, 11) is 0. The van der Waals surface area contributed by atoms with Crippen LogP contribution in [0.4, 0.5) is 0 Å². The Kier molecular flexibility index (Phi) is 5.32. The molecule has 0 amide bonds. The molecule has 0 aliphatic rings. The standard InChI is InChI=1S/C15H12Br4/c1-8-6-13(17)9(2)5-12(8)15(19)11-4-3-10(16)7-14(11)18/h3-7,15H,1-2H3. The number of halogens is 4. The molecular weight excluding hydrogens is 500 g/mol. The van der Waals surface area contributed by atoms with Crippen LogP contribution >= 0.6 is 63.7 Å². The molecule has 0 heterocycles. The van der Waals surface area contributed by atoms with E-state index in [1.54, 1.807) is 0 Å². The summed E-state index contributed by atoms with van der Waals surface area (Å²) in [6.45, 7) is 4.25.